The van der Waals surface area contributed by atoms with Gasteiger partial charge in [-0.05, 0) is 47.0 Å². The van der Waals surface area contributed by atoms with Crippen LogP contribution in [0.15, 0.2) is 0 Å². The van der Waals surface area contributed by atoms with Gasteiger partial charge in [-0.25, -0.2) is 0 Å². The number of amides is 7. The molecule has 0 radical (unpaired) electrons. The lowest BCUT2D eigenvalue weighted by molar-refractivity contribution is -0.438. The van der Waals surface area contributed by atoms with Crippen molar-refractivity contribution in [3.05, 3.63) is 0 Å². The van der Waals surface area contributed by atoms with Crippen molar-refractivity contribution in [2.45, 2.75) is 177 Å². The molecule has 0 aromatic carbocycles. The first-order valence-electron chi connectivity index (χ1n) is 22.0. The number of carbonyl (C=O) groups excluding carboxylic acids is 10. The molecule has 2 saturated heterocycles. The van der Waals surface area contributed by atoms with Gasteiger partial charge in [0.25, 0.3) is 0 Å². The number of aliphatic hydroxyl groups is 5. The van der Waals surface area contributed by atoms with Gasteiger partial charge in [0.05, 0.1) is 43.2 Å². The highest BCUT2D eigenvalue weighted by Crippen LogP contribution is 2.31. The monoisotopic (exact) mass is 1010 g/mol. The zero-order chi connectivity index (χ0) is 53.3. The van der Waals surface area contributed by atoms with Crippen molar-refractivity contribution in [3.63, 3.8) is 0 Å². The Morgan fingerprint density at radius 2 is 1.14 bits per heavy atom. The summed E-state index contributed by atoms with van der Waals surface area (Å²) in [5, 5.41) is 102. The molecule has 2 aliphatic heterocycles. The number of rotatable bonds is 27. The number of hydrogen-bond acceptors (Lipinski definition) is 22. The zero-order valence-corrected chi connectivity index (χ0v) is 39.1. The molecule has 0 aromatic heterocycles. The predicted octanol–water partition coefficient (Wildman–Crippen LogP) is -12.4. The predicted molar refractivity (Wildman–Crippen MR) is 222 cm³/mol. The van der Waals surface area contributed by atoms with E-state index in [0.717, 1.165) is 34.6 Å². The van der Waals surface area contributed by atoms with Crippen molar-refractivity contribution in [3.8, 4) is 0 Å². The summed E-state index contributed by atoms with van der Waals surface area (Å²) in [5.41, 5.74) is 3.41. The molecule has 17 atom stereocenters. The molecule has 2 heterocycles. The van der Waals surface area contributed by atoms with E-state index in [-0.39, 0.29) is 19.3 Å². The van der Waals surface area contributed by atoms with E-state index in [2.05, 4.69) is 43.0 Å². The van der Waals surface area contributed by atoms with E-state index in [1.54, 1.807) is 0 Å². The van der Waals surface area contributed by atoms with Gasteiger partial charge in [0.15, 0.2) is 12.6 Å². The summed E-state index contributed by atoms with van der Waals surface area (Å²) in [6.45, 7) is 4.97. The minimum atomic E-state index is -1.92. The number of carboxylic acids is 3. The second kappa shape index (κ2) is 28.2. The average molecular weight is 1010 g/mol. The summed E-state index contributed by atoms with van der Waals surface area (Å²) >= 11 is 0. The fourth-order valence-corrected chi connectivity index (χ4v) is 7.04. The first-order chi connectivity index (χ1) is 32.6. The Balaban J connectivity index is 2.21. The van der Waals surface area contributed by atoms with Crippen molar-refractivity contribution in [1.82, 2.24) is 37.2 Å². The van der Waals surface area contributed by atoms with Gasteiger partial charge in [0.2, 0.25) is 41.4 Å². The van der Waals surface area contributed by atoms with E-state index in [1.807, 2.05) is 0 Å². The van der Waals surface area contributed by atoms with Crippen LogP contribution in [0.4, 0.5) is 0 Å². The third kappa shape index (κ3) is 18.2. The number of quaternary nitrogens is 1. The minimum absolute atomic E-state index is 0.0172. The van der Waals surface area contributed by atoms with Gasteiger partial charge in [-0.3, -0.25) is 33.6 Å². The Bertz CT molecular complexity index is 1860. The van der Waals surface area contributed by atoms with Crippen LogP contribution in [-0.4, -0.2) is 202 Å². The fraction of sp³-hybridized carbons (Fsp3) is 0.750. The van der Waals surface area contributed by atoms with Crippen LogP contribution < -0.4 is 58.3 Å². The minimum Gasteiger partial charge on any atom is -0.548 e. The second-order valence-electron chi connectivity index (χ2n) is 16.7. The quantitative estimate of drug-likeness (QED) is 0.0363. The molecular weight excluding hydrogens is 944 g/mol. The van der Waals surface area contributed by atoms with Gasteiger partial charge < -0.3 is 117 Å². The SMILES string of the molecule is CC(=O)N[C@H]1[C@H](O[C@H]2[C@H](O[C@H](C)C(=O)N[C@@H](C)C(=O)N[C@H](CCC(=O)N[C@@H](CCC[C@@H]([NH3+])C(=O)[O-])C(=O)N[C@H](C)C(=O)N[C@H](C)C(=O)[O-])C(=O)[O-])[C@@H](NC(C)=O)C(O)O[C@@H]2CO)O[C@H](CO)[C@@H](O)[C@@H]1O. The van der Waals surface area contributed by atoms with Crippen molar-refractivity contribution in [2.24, 2.45) is 0 Å². The Hall–Kier alpha value is -5.70. The number of hydrogen-bond donors (Lipinski definition) is 13. The van der Waals surface area contributed by atoms with Crippen molar-refractivity contribution in [1.29, 1.82) is 0 Å². The second-order valence-corrected chi connectivity index (χ2v) is 16.7. The number of carbonyl (C=O) groups is 10. The molecule has 0 aliphatic carbocycles. The highest BCUT2D eigenvalue weighted by Gasteiger charge is 2.53. The Kier molecular flexibility index (Phi) is 24.4. The molecule has 70 heavy (non-hydrogen) atoms. The Morgan fingerprint density at radius 3 is 1.67 bits per heavy atom. The number of ether oxygens (including phenoxy) is 4. The standard InChI is InChI=1S/C40H66N8O22/c1-14(32(56)44-16(3)36(60)61)43-35(59)21(9-7-8-20(41)37(62)63)47-25(53)11-10-22(38(64)65)48-33(57)15(2)42-34(58)17(4)67-31-27(46-19(6)52)39(66)68-24(13-50)30(31)70-40-26(45-18(5)51)29(55)28(54)23(12-49)69-40/h14-17,20-24,26-31,39-40,49-50,54-55,66H,7-13,41H2,1-6H3,(H,42,58)(H,43,59)(H,44,56)(H,45,51)(H,46,52)(H,47,53)(H,48,57)(H,60,61)(H,62,63)(H,64,65)/p-2/t14-,15+,16-,17-,20-,21+,22-,23-,24-,26-,27-,28-,29-,30-,31-,39?,40+/m1/s1. The molecule has 398 valence electrons. The van der Waals surface area contributed by atoms with Crippen LogP contribution in [0.2, 0.25) is 0 Å². The molecule has 0 bridgehead atoms. The maximum absolute atomic E-state index is 13.5. The molecule has 2 rings (SSSR count). The van der Waals surface area contributed by atoms with Crippen molar-refractivity contribution in [2.75, 3.05) is 13.2 Å². The molecule has 15 N–H and O–H groups in total. The highest BCUT2D eigenvalue weighted by atomic mass is 16.7. The summed E-state index contributed by atoms with van der Waals surface area (Å²) in [4.78, 5) is 124. The third-order valence-electron chi connectivity index (χ3n) is 11.0. The maximum atomic E-state index is 13.5. The summed E-state index contributed by atoms with van der Waals surface area (Å²) in [7, 11) is 0. The van der Waals surface area contributed by atoms with Crippen molar-refractivity contribution >= 4 is 59.3 Å². The number of carboxylic acid groups (broad SMARTS) is 3. The molecule has 0 aromatic rings. The summed E-state index contributed by atoms with van der Waals surface area (Å²) in [5.74, 6) is -11.5. The highest BCUT2D eigenvalue weighted by molar-refractivity contribution is 5.93. The molecule has 7 amide bonds. The lowest BCUT2D eigenvalue weighted by Gasteiger charge is -2.48. The Labute approximate surface area is 400 Å². The number of aliphatic carboxylic acids is 3. The van der Waals surface area contributed by atoms with E-state index >= 15 is 0 Å². The summed E-state index contributed by atoms with van der Waals surface area (Å²) in [6, 6.07) is -11.9. The first-order valence-corrected chi connectivity index (χ1v) is 22.0. The van der Waals surface area contributed by atoms with E-state index in [9.17, 15) is 88.8 Å². The van der Waals surface area contributed by atoms with E-state index in [4.69, 9.17) is 18.9 Å². The van der Waals surface area contributed by atoms with Gasteiger partial charge in [-0.1, -0.05) is 0 Å². The molecule has 30 nitrogen and oxygen atoms in total. The fourth-order valence-electron chi connectivity index (χ4n) is 7.04. The topological polar surface area (TPSA) is 490 Å². The van der Waals surface area contributed by atoms with E-state index in [1.165, 1.54) is 6.92 Å². The molecule has 30 heteroatoms. The van der Waals surface area contributed by atoms with Crippen LogP contribution in [0.25, 0.3) is 0 Å². The van der Waals surface area contributed by atoms with Gasteiger partial charge in [0, 0.05) is 26.7 Å². The Morgan fingerprint density at radius 1 is 0.600 bits per heavy atom. The van der Waals surface area contributed by atoms with Gasteiger partial charge in [-0.2, -0.15) is 0 Å². The van der Waals surface area contributed by atoms with Gasteiger partial charge >= 0.3 is 0 Å². The molecular formula is C40H64N8O22-2. The maximum Gasteiger partial charge on any atom is 0.249 e. The zero-order valence-electron chi connectivity index (χ0n) is 39.1. The van der Waals surface area contributed by atoms with Crippen molar-refractivity contribution < 1.29 is 113 Å². The number of nitrogens with one attached hydrogen (secondary N) is 7. The van der Waals surface area contributed by atoms with Crippen LogP contribution in [0, 0.1) is 0 Å². The molecule has 2 aliphatic rings. The third-order valence-corrected chi connectivity index (χ3v) is 11.0. The van der Waals surface area contributed by atoms with Crippen LogP contribution in [0.3, 0.4) is 0 Å². The molecule has 1 unspecified atom stereocenters. The van der Waals surface area contributed by atoms with Crippen LogP contribution in [-0.2, 0) is 66.9 Å². The van der Waals surface area contributed by atoms with Crippen LogP contribution in [0.5, 0.6) is 0 Å². The van der Waals surface area contributed by atoms with E-state index in [0.29, 0.717) is 0 Å². The summed E-state index contributed by atoms with van der Waals surface area (Å²) in [6.07, 6.45) is -16.8. The molecule has 2 fully saturated rings. The average Bonchev–Trinajstić information content (AvgIpc) is 3.27. The normalized spacial score (nSPS) is 27.3. The van der Waals surface area contributed by atoms with Gasteiger partial charge in [-0.15, -0.1) is 0 Å². The molecule has 0 saturated carbocycles. The van der Waals surface area contributed by atoms with Crippen LogP contribution >= 0.6 is 0 Å². The number of aliphatic hydroxyl groups excluding tert-OH is 5. The van der Waals surface area contributed by atoms with Gasteiger partial charge in [0.1, 0.15) is 79.0 Å². The lowest BCUT2D eigenvalue weighted by Crippen LogP contribution is -2.70. The first kappa shape index (κ1) is 60.4. The van der Waals surface area contributed by atoms with E-state index < -0.39 is 189 Å². The lowest BCUT2D eigenvalue weighted by atomic mass is 9.94. The summed E-state index contributed by atoms with van der Waals surface area (Å²) < 4.78 is 23.1. The largest absolute Gasteiger partial charge is 0.548 e. The smallest absolute Gasteiger partial charge is 0.249 e. The molecule has 0 spiro atoms. The van der Waals surface area contributed by atoms with Crippen LogP contribution in [0.1, 0.15) is 73.6 Å².